The van der Waals surface area contributed by atoms with Crippen molar-refractivity contribution in [2.75, 3.05) is 6.54 Å². The van der Waals surface area contributed by atoms with Crippen molar-refractivity contribution in [3.63, 3.8) is 0 Å². The van der Waals surface area contributed by atoms with E-state index in [0.717, 1.165) is 6.92 Å². The number of rotatable bonds is 16. The van der Waals surface area contributed by atoms with E-state index in [2.05, 4.69) is 30.9 Å². The molecule has 1 aromatic heterocycles. The molecule has 0 spiro atoms. The van der Waals surface area contributed by atoms with Crippen molar-refractivity contribution < 1.29 is 34.2 Å². The lowest BCUT2D eigenvalue weighted by Crippen LogP contribution is -2.58. The van der Waals surface area contributed by atoms with Gasteiger partial charge in [0, 0.05) is 24.9 Å². The number of aliphatic carboxylic acids is 1. The number of primary amides is 1. The highest BCUT2D eigenvalue weighted by Crippen LogP contribution is 2.04. The predicted octanol–water partition coefficient (Wildman–Crippen LogP) is -4.87. The number of carbonyl (C=O) groups is 5. The third-order valence-electron chi connectivity index (χ3n) is 4.99. The maximum atomic E-state index is 13.0. The molecular weight excluding hydrogens is 492 g/mol. The Morgan fingerprint density at radius 1 is 1.05 bits per heavy atom. The molecule has 0 aliphatic carbocycles. The molecule has 5 unspecified atom stereocenters. The van der Waals surface area contributed by atoms with Gasteiger partial charge in [-0.3, -0.25) is 24.2 Å². The summed E-state index contributed by atoms with van der Waals surface area (Å²) >= 11 is 0. The van der Waals surface area contributed by atoms with Gasteiger partial charge in [-0.25, -0.2) is 9.78 Å². The van der Waals surface area contributed by atoms with Gasteiger partial charge < -0.3 is 54.1 Å². The number of imidazole rings is 1. The van der Waals surface area contributed by atoms with E-state index < -0.39 is 66.3 Å². The molecule has 5 atom stereocenters. The lowest BCUT2D eigenvalue weighted by molar-refractivity contribution is -0.145. The van der Waals surface area contributed by atoms with Gasteiger partial charge in [0.05, 0.1) is 24.9 Å². The normalized spacial score (nSPS) is 14.8. The summed E-state index contributed by atoms with van der Waals surface area (Å²) in [5.74, 6) is -5.28. The van der Waals surface area contributed by atoms with Crippen LogP contribution in [0.25, 0.3) is 0 Å². The fraction of sp³-hybridized carbons (Fsp3) is 0.550. The third kappa shape index (κ3) is 11.4. The zero-order valence-electron chi connectivity index (χ0n) is 20.2. The molecule has 0 saturated heterocycles. The fourth-order valence-electron chi connectivity index (χ4n) is 3.10. The molecule has 0 saturated carbocycles. The number of aliphatic imine (C=N–C) groups is 1. The third-order valence-corrected chi connectivity index (χ3v) is 4.99. The highest BCUT2D eigenvalue weighted by atomic mass is 16.4. The van der Waals surface area contributed by atoms with Crippen molar-refractivity contribution >= 4 is 35.6 Å². The van der Waals surface area contributed by atoms with Crippen LogP contribution >= 0.6 is 0 Å². The first-order valence-corrected chi connectivity index (χ1v) is 11.2. The number of aliphatic hydroxyl groups is 1. The van der Waals surface area contributed by atoms with Crippen LogP contribution in [0.4, 0.5) is 0 Å². The second-order valence-corrected chi connectivity index (χ2v) is 8.19. The van der Waals surface area contributed by atoms with Crippen molar-refractivity contribution in [3.05, 3.63) is 18.2 Å². The monoisotopic (exact) mass is 526 g/mol. The summed E-state index contributed by atoms with van der Waals surface area (Å²) in [4.78, 5) is 71.6. The summed E-state index contributed by atoms with van der Waals surface area (Å²) in [6.07, 6.45) is 0.988. The summed E-state index contributed by atoms with van der Waals surface area (Å²) in [7, 11) is 0. The number of nitrogens with zero attached hydrogens (tertiary/aromatic N) is 2. The van der Waals surface area contributed by atoms with Crippen molar-refractivity contribution in [3.8, 4) is 0 Å². The van der Waals surface area contributed by atoms with Crippen LogP contribution < -0.4 is 38.9 Å². The second kappa shape index (κ2) is 15.0. The summed E-state index contributed by atoms with van der Waals surface area (Å²) in [6, 6.07) is -5.60. The molecular formula is C20H34N10O7. The van der Waals surface area contributed by atoms with Gasteiger partial charge in [-0.2, -0.15) is 0 Å². The topological polar surface area (TPSA) is 307 Å². The molecule has 1 rings (SSSR count). The van der Waals surface area contributed by atoms with Gasteiger partial charge in [-0.05, 0) is 19.8 Å². The van der Waals surface area contributed by atoms with Crippen LogP contribution in [0.3, 0.4) is 0 Å². The number of amides is 4. The lowest BCUT2D eigenvalue weighted by Gasteiger charge is -2.25. The van der Waals surface area contributed by atoms with Gasteiger partial charge in [-0.1, -0.05) is 0 Å². The molecule has 14 N–H and O–H groups in total. The van der Waals surface area contributed by atoms with Crippen LogP contribution in [0.2, 0.25) is 0 Å². The minimum Gasteiger partial charge on any atom is -0.480 e. The van der Waals surface area contributed by atoms with E-state index in [4.69, 9.17) is 22.9 Å². The number of guanidine groups is 1. The quantitative estimate of drug-likeness (QED) is 0.0553. The van der Waals surface area contributed by atoms with E-state index in [-0.39, 0.29) is 31.8 Å². The molecule has 37 heavy (non-hydrogen) atoms. The summed E-state index contributed by atoms with van der Waals surface area (Å²) < 4.78 is 0. The maximum Gasteiger partial charge on any atom is 0.328 e. The van der Waals surface area contributed by atoms with Gasteiger partial charge in [0.2, 0.25) is 23.6 Å². The van der Waals surface area contributed by atoms with E-state index in [1.54, 1.807) is 0 Å². The number of hydrogen-bond acceptors (Lipinski definition) is 9. The number of aromatic amines is 1. The van der Waals surface area contributed by atoms with Crippen LogP contribution in [-0.2, 0) is 30.4 Å². The van der Waals surface area contributed by atoms with Gasteiger partial charge in [-0.15, -0.1) is 0 Å². The van der Waals surface area contributed by atoms with Crippen LogP contribution in [0.15, 0.2) is 17.5 Å². The van der Waals surface area contributed by atoms with Gasteiger partial charge >= 0.3 is 5.97 Å². The molecule has 0 aliphatic rings. The van der Waals surface area contributed by atoms with Crippen LogP contribution in [0, 0.1) is 0 Å². The molecule has 4 amide bonds. The average Bonchev–Trinajstić information content (AvgIpc) is 3.30. The second-order valence-electron chi connectivity index (χ2n) is 8.19. The van der Waals surface area contributed by atoms with E-state index >= 15 is 0 Å². The van der Waals surface area contributed by atoms with Crippen LogP contribution in [-0.4, -0.2) is 92.6 Å². The van der Waals surface area contributed by atoms with E-state index in [1.165, 1.54) is 12.5 Å². The predicted molar refractivity (Wildman–Crippen MR) is 129 cm³/mol. The first-order chi connectivity index (χ1) is 17.3. The van der Waals surface area contributed by atoms with E-state index in [0.29, 0.717) is 5.69 Å². The number of hydrogen-bond donors (Lipinski definition) is 10. The number of H-pyrrole nitrogens is 1. The minimum absolute atomic E-state index is 0.0580. The minimum atomic E-state index is -1.66. The Hall–Kier alpha value is -4.25. The maximum absolute atomic E-state index is 13.0. The Kier molecular flexibility index (Phi) is 12.5. The largest absolute Gasteiger partial charge is 0.480 e. The van der Waals surface area contributed by atoms with Gasteiger partial charge in [0.15, 0.2) is 12.0 Å². The Labute approximate surface area is 211 Å². The molecule has 0 aliphatic heterocycles. The molecule has 0 radical (unpaired) electrons. The summed E-state index contributed by atoms with van der Waals surface area (Å²) in [5, 5.41) is 25.7. The van der Waals surface area contributed by atoms with Crippen molar-refractivity contribution in [2.24, 2.45) is 27.9 Å². The van der Waals surface area contributed by atoms with Gasteiger partial charge in [0.1, 0.15) is 12.1 Å². The molecule has 1 aromatic rings. The Morgan fingerprint density at radius 2 is 1.68 bits per heavy atom. The zero-order chi connectivity index (χ0) is 28.1. The Bertz CT molecular complexity index is 963. The molecule has 206 valence electrons. The Morgan fingerprint density at radius 3 is 2.19 bits per heavy atom. The standard InChI is InChI=1S/C20H34N10O7/c1-9(31)15(19(36)37)30-17(34)12(3-2-4-26-20(23)24)28-18(35)13(6-14(22)32)29-16(33)11(21)5-10-7-25-8-27-10/h7-9,11-13,15,31H,2-6,21H2,1H3,(H2,22,32)(H,25,27)(H,28,35)(H,29,33)(H,30,34)(H,36,37)(H4,23,24,26). The van der Waals surface area contributed by atoms with E-state index in [9.17, 15) is 34.2 Å². The molecule has 0 aromatic carbocycles. The smallest absolute Gasteiger partial charge is 0.328 e. The van der Waals surface area contributed by atoms with Crippen molar-refractivity contribution in [2.45, 2.75) is 62.9 Å². The highest BCUT2D eigenvalue weighted by molar-refractivity contribution is 5.96. The first-order valence-electron chi connectivity index (χ1n) is 11.2. The molecule has 0 bridgehead atoms. The van der Waals surface area contributed by atoms with Crippen LogP contribution in [0.1, 0.15) is 31.9 Å². The molecule has 1 heterocycles. The number of carboxylic acid groups (broad SMARTS) is 1. The number of carbonyl (C=O) groups excluding carboxylic acids is 4. The molecule has 17 nitrogen and oxygen atoms in total. The average molecular weight is 527 g/mol. The number of nitrogens with two attached hydrogens (primary N) is 4. The molecule has 0 fully saturated rings. The lowest BCUT2D eigenvalue weighted by atomic mass is 10.1. The zero-order valence-corrected chi connectivity index (χ0v) is 20.2. The van der Waals surface area contributed by atoms with Crippen LogP contribution in [0.5, 0.6) is 0 Å². The van der Waals surface area contributed by atoms with Crippen molar-refractivity contribution in [1.82, 2.24) is 25.9 Å². The van der Waals surface area contributed by atoms with Crippen molar-refractivity contribution in [1.29, 1.82) is 0 Å². The number of aliphatic hydroxyl groups excluding tert-OH is 1. The number of nitrogens with one attached hydrogen (secondary N) is 4. The SMILES string of the molecule is CC(O)C(NC(=O)C(CCCN=C(N)N)NC(=O)C(CC(N)=O)NC(=O)C(N)Cc1cnc[nH]1)C(=O)O. The first kappa shape index (κ1) is 30.8. The molecule has 17 heteroatoms. The Balaban J connectivity index is 3.00. The van der Waals surface area contributed by atoms with Gasteiger partial charge in [0.25, 0.3) is 0 Å². The fourth-order valence-corrected chi connectivity index (χ4v) is 3.10. The summed E-state index contributed by atoms with van der Waals surface area (Å²) in [5.41, 5.74) is 22.2. The van der Waals surface area contributed by atoms with E-state index in [1.807, 2.05) is 0 Å². The number of carboxylic acids is 1. The highest BCUT2D eigenvalue weighted by Gasteiger charge is 2.32. The number of aromatic nitrogens is 2. The summed E-state index contributed by atoms with van der Waals surface area (Å²) in [6.45, 7) is 1.25.